The molecule has 0 aliphatic rings. The molecule has 134 valence electrons. The van der Waals surface area contributed by atoms with Crippen molar-refractivity contribution in [3.63, 3.8) is 0 Å². The summed E-state index contributed by atoms with van der Waals surface area (Å²) in [5.41, 5.74) is 2.04. The zero-order valence-electron chi connectivity index (χ0n) is 14.3. The van der Waals surface area contributed by atoms with E-state index in [2.05, 4.69) is 5.32 Å². The van der Waals surface area contributed by atoms with Gasteiger partial charge in [0.25, 0.3) is 0 Å². The Morgan fingerprint density at radius 3 is 2.69 bits per heavy atom. The van der Waals surface area contributed by atoms with Crippen LogP contribution in [0.2, 0.25) is 0 Å². The van der Waals surface area contributed by atoms with Gasteiger partial charge < -0.3 is 9.15 Å². The number of aryl methyl sites for hydroxylation is 1. The maximum atomic E-state index is 12.2. The van der Waals surface area contributed by atoms with Crippen LogP contribution in [0.15, 0.2) is 57.7 Å². The second kappa shape index (κ2) is 8.06. The molecule has 3 aromatic rings. The highest BCUT2D eigenvalue weighted by atomic mass is 35.5. The predicted octanol–water partition coefficient (Wildman–Crippen LogP) is 4.88. The summed E-state index contributed by atoms with van der Waals surface area (Å²) in [6.07, 6.45) is 0.675. The van der Waals surface area contributed by atoms with Crippen LogP contribution in [0.4, 0.5) is 10.5 Å². The minimum Gasteiger partial charge on any atom is -0.422 e. The Balaban J connectivity index is 1.83. The Morgan fingerprint density at radius 1 is 1.19 bits per heavy atom. The van der Waals surface area contributed by atoms with E-state index in [1.807, 2.05) is 19.1 Å². The van der Waals surface area contributed by atoms with Gasteiger partial charge in [-0.3, -0.25) is 5.32 Å². The Labute approximate surface area is 155 Å². The SMILES string of the molecule is Cc1c(CCCCl)c(=O)oc2cc(NC(=O)Oc3ccccc3)ccc12. The zero-order chi connectivity index (χ0) is 18.5. The van der Waals surface area contributed by atoms with Crippen LogP contribution in [0.25, 0.3) is 11.0 Å². The van der Waals surface area contributed by atoms with Crippen molar-refractivity contribution in [1.29, 1.82) is 0 Å². The minimum absolute atomic E-state index is 0.371. The maximum absolute atomic E-state index is 12.2. The van der Waals surface area contributed by atoms with E-state index in [9.17, 15) is 9.59 Å². The molecule has 0 saturated carbocycles. The van der Waals surface area contributed by atoms with Gasteiger partial charge in [-0.1, -0.05) is 18.2 Å². The van der Waals surface area contributed by atoms with E-state index >= 15 is 0 Å². The van der Waals surface area contributed by atoms with E-state index in [1.165, 1.54) is 0 Å². The number of anilines is 1. The van der Waals surface area contributed by atoms with Gasteiger partial charge in [0.1, 0.15) is 11.3 Å². The van der Waals surface area contributed by atoms with Crippen molar-refractivity contribution in [3.8, 4) is 5.75 Å². The number of carbonyl (C=O) groups is 1. The summed E-state index contributed by atoms with van der Waals surface area (Å²) < 4.78 is 10.6. The Hall–Kier alpha value is -2.79. The highest BCUT2D eigenvalue weighted by molar-refractivity contribution is 6.17. The summed E-state index contributed by atoms with van der Waals surface area (Å²) in [5.74, 6) is 0.931. The van der Waals surface area contributed by atoms with Crippen LogP contribution >= 0.6 is 11.6 Å². The first-order chi connectivity index (χ1) is 12.6. The lowest BCUT2D eigenvalue weighted by molar-refractivity contribution is 0.215. The van der Waals surface area contributed by atoms with Crippen LogP contribution in [0, 0.1) is 6.92 Å². The van der Waals surface area contributed by atoms with E-state index in [1.54, 1.807) is 36.4 Å². The average Bonchev–Trinajstić information content (AvgIpc) is 2.62. The van der Waals surface area contributed by atoms with Crippen molar-refractivity contribution in [2.45, 2.75) is 19.8 Å². The number of para-hydroxylation sites is 1. The van der Waals surface area contributed by atoms with Gasteiger partial charge in [-0.15, -0.1) is 11.6 Å². The molecular weight excluding hydrogens is 354 g/mol. The molecule has 0 saturated heterocycles. The molecule has 2 aromatic carbocycles. The second-order valence-electron chi connectivity index (χ2n) is 5.82. The molecule has 3 rings (SSSR count). The number of fused-ring (bicyclic) bond motifs is 1. The van der Waals surface area contributed by atoms with Crippen molar-refractivity contribution < 1.29 is 13.9 Å². The molecule has 26 heavy (non-hydrogen) atoms. The van der Waals surface area contributed by atoms with Crippen molar-refractivity contribution in [3.05, 3.63) is 70.1 Å². The highest BCUT2D eigenvalue weighted by Crippen LogP contribution is 2.24. The second-order valence-corrected chi connectivity index (χ2v) is 6.20. The van der Waals surface area contributed by atoms with Crippen molar-refractivity contribution in [2.24, 2.45) is 0 Å². The number of carbonyl (C=O) groups excluding carboxylic acids is 1. The quantitative estimate of drug-likeness (QED) is 0.512. The lowest BCUT2D eigenvalue weighted by atomic mass is 10.0. The number of benzene rings is 2. The van der Waals surface area contributed by atoms with E-state index < -0.39 is 6.09 Å². The summed E-state index contributed by atoms with van der Waals surface area (Å²) in [6.45, 7) is 1.89. The summed E-state index contributed by atoms with van der Waals surface area (Å²) in [4.78, 5) is 24.2. The normalized spacial score (nSPS) is 10.7. The molecule has 1 aromatic heterocycles. The molecule has 5 nitrogen and oxygen atoms in total. The van der Waals surface area contributed by atoms with Gasteiger partial charge >= 0.3 is 11.7 Å². The van der Waals surface area contributed by atoms with Crippen LogP contribution in [-0.2, 0) is 6.42 Å². The van der Waals surface area contributed by atoms with Crippen LogP contribution in [0.5, 0.6) is 5.75 Å². The molecule has 1 heterocycles. The third kappa shape index (κ3) is 4.06. The molecular formula is C20H18ClNO4. The number of halogens is 1. The largest absolute Gasteiger partial charge is 0.422 e. The first kappa shape index (κ1) is 18.0. The number of alkyl halides is 1. The van der Waals surface area contributed by atoms with E-state index in [0.29, 0.717) is 41.3 Å². The van der Waals surface area contributed by atoms with E-state index in [-0.39, 0.29) is 5.63 Å². The molecule has 0 radical (unpaired) electrons. The Bertz CT molecular complexity index is 982. The summed E-state index contributed by atoms with van der Waals surface area (Å²) in [5, 5.41) is 3.46. The van der Waals surface area contributed by atoms with Gasteiger partial charge in [0, 0.05) is 28.6 Å². The van der Waals surface area contributed by atoms with Crippen molar-refractivity contribution >= 4 is 34.4 Å². The number of rotatable bonds is 5. The lowest BCUT2D eigenvalue weighted by Crippen LogP contribution is -2.16. The zero-order valence-corrected chi connectivity index (χ0v) is 15.0. The summed E-state index contributed by atoms with van der Waals surface area (Å²) >= 11 is 5.72. The molecule has 0 aliphatic carbocycles. The van der Waals surface area contributed by atoms with E-state index in [0.717, 1.165) is 10.9 Å². The monoisotopic (exact) mass is 371 g/mol. The molecule has 1 amide bonds. The van der Waals surface area contributed by atoms with Crippen LogP contribution in [0.1, 0.15) is 17.5 Å². The number of ether oxygens (including phenoxy) is 1. The first-order valence-corrected chi connectivity index (χ1v) is 8.78. The lowest BCUT2D eigenvalue weighted by Gasteiger charge is -2.10. The van der Waals surface area contributed by atoms with Gasteiger partial charge in [-0.2, -0.15) is 0 Å². The molecule has 0 spiro atoms. The first-order valence-electron chi connectivity index (χ1n) is 8.24. The maximum Gasteiger partial charge on any atom is 0.417 e. The third-order valence-corrected chi connectivity index (χ3v) is 4.32. The summed E-state index contributed by atoms with van der Waals surface area (Å²) in [6, 6.07) is 13.9. The molecule has 1 N–H and O–H groups in total. The average molecular weight is 372 g/mol. The van der Waals surface area contributed by atoms with Crippen molar-refractivity contribution in [2.75, 3.05) is 11.2 Å². The molecule has 0 unspecified atom stereocenters. The van der Waals surface area contributed by atoms with Crippen LogP contribution in [-0.4, -0.2) is 12.0 Å². The Kier molecular flexibility index (Phi) is 5.58. The predicted molar refractivity (Wildman–Crippen MR) is 102 cm³/mol. The van der Waals surface area contributed by atoms with Crippen molar-refractivity contribution in [1.82, 2.24) is 0 Å². The number of amides is 1. The fourth-order valence-corrected chi connectivity index (χ4v) is 2.88. The molecule has 0 bridgehead atoms. The molecule has 0 fully saturated rings. The third-order valence-electron chi connectivity index (χ3n) is 4.05. The fourth-order valence-electron chi connectivity index (χ4n) is 2.74. The smallest absolute Gasteiger partial charge is 0.417 e. The van der Waals surface area contributed by atoms with Crippen LogP contribution < -0.4 is 15.7 Å². The standard InChI is InChI=1S/C20H18ClNO4/c1-13-16-10-9-14(22-20(24)25-15-6-3-2-4-7-15)12-18(16)26-19(23)17(13)8-5-11-21/h2-4,6-7,9-10,12H,5,8,11H2,1H3,(H,22,24). The van der Waals surface area contributed by atoms with Gasteiger partial charge in [-0.05, 0) is 49.6 Å². The highest BCUT2D eigenvalue weighted by Gasteiger charge is 2.12. The summed E-state index contributed by atoms with van der Waals surface area (Å²) in [7, 11) is 0. The number of hydrogen-bond donors (Lipinski definition) is 1. The number of nitrogens with one attached hydrogen (secondary N) is 1. The Morgan fingerprint density at radius 2 is 1.96 bits per heavy atom. The molecule has 6 heteroatoms. The van der Waals surface area contributed by atoms with Gasteiger partial charge in [-0.25, -0.2) is 9.59 Å². The fraction of sp³-hybridized carbons (Fsp3) is 0.200. The van der Waals surface area contributed by atoms with Gasteiger partial charge in [0.15, 0.2) is 0 Å². The molecule has 0 atom stereocenters. The van der Waals surface area contributed by atoms with Gasteiger partial charge in [0.2, 0.25) is 0 Å². The number of hydrogen-bond acceptors (Lipinski definition) is 4. The van der Waals surface area contributed by atoms with E-state index in [4.69, 9.17) is 20.8 Å². The molecule has 0 aliphatic heterocycles. The van der Waals surface area contributed by atoms with Gasteiger partial charge in [0.05, 0.1) is 0 Å². The minimum atomic E-state index is -0.617. The van der Waals surface area contributed by atoms with Crippen LogP contribution in [0.3, 0.4) is 0 Å². The topological polar surface area (TPSA) is 68.5 Å².